The maximum atomic E-state index is 14.1. The number of carbonyl (C=O) groups is 2. The molecule has 1 fully saturated rings. The zero-order chi connectivity index (χ0) is 21.5. The van der Waals surface area contributed by atoms with Crippen LogP contribution < -0.4 is 15.0 Å². The van der Waals surface area contributed by atoms with Gasteiger partial charge in [-0.2, -0.15) is 0 Å². The zero-order valence-corrected chi connectivity index (χ0v) is 16.7. The van der Waals surface area contributed by atoms with Gasteiger partial charge in [0.05, 0.1) is 24.4 Å². The van der Waals surface area contributed by atoms with Gasteiger partial charge >= 0.3 is 0 Å². The second-order valence-electron chi connectivity index (χ2n) is 7.49. The first-order valence-corrected chi connectivity index (χ1v) is 9.90. The van der Waals surface area contributed by atoms with E-state index in [1.54, 1.807) is 18.2 Å². The predicted octanol–water partition coefficient (Wildman–Crippen LogP) is 4.73. The number of carbonyl (C=O) groups excluding carboxylic acids is 2. The first-order valence-electron chi connectivity index (χ1n) is 9.90. The van der Waals surface area contributed by atoms with Gasteiger partial charge < -0.3 is 19.4 Å². The van der Waals surface area contributed by atoms with Crippen molar-refractivity contribution in [3.8, 4) is 5.75 Å². The van der Waals surface area contributed by atoms with Crippen LogP contribution in [0.2, 0.25) is 0 Å². The van der Waals surface area contributed by atoms with E-state index in [2.05, 4.69) is 5.32 Å². The molecule has 2 amide bonds. The van der Waals surface area contributed by atoms with Crippen molar-refractivity contribution in [2.75, 3.05) is 23.9 Å². The fourth-order valence-corrected chi connectivity index (χ4v) is 4.04. The molecule has 1 aromatic heterocycles. The molecule has 1 aliphatic heterocycles. The van der Waals surface area contributed by atoms with Crippen molar-refractivity contribution in [3.05, 3.63) is 66.5 Å². The molecule has 2 heterocycles. The normalized spacial score (nSPS) is 16.3. The lowest BCUT2D eigenvalue weighted by Gasteiger charge is -2.17. The molecule has 0 radical (unpaired) electrons. The summed E-state index contributed by atoms with van der Waals surface area (Å²) in [6.07, 6.45) is 0.00929. The number of hydrogen-bond acceptors (Lipinski definition) is 4. The summed E-state index contributed by atoms with van der Waals surface area (Å²) in [4.78, 5) is 26.7. The molecular formula is C24H19FN2O4. The van der Waals surface area contributed by atoms with Crippen LogP contribution in [-0.2, 0) is 9.59 Å². The molecular weight excluding hydrogens is 399 g/mol. The summed E-state index contributed by atoms with van der Waals surface area (Å²) in [7, 11) is 1.53. The topological polar surface area (TPSA) is 71.8 Å². The molecule has 7 heteroatoms. The number of benzene rings is 3. The third kappa shape index (κ3) is 3.28. The lowest BCUT2D eigenvalue weighted by atomic mass is 10.1. The summed E-state index contributed by atoms with van der Waals surface area (Å²) in [5.74, 6) is -1.23. The highest BCUT2D eigenvalue weighted by atomic mass is 19.1. The quantitative estimate of drug-likeness (QED) is 0.520. The van der Waals surface area contributed by atoms with Crippen LogP contribution in [0, 0.1) is 11.7 Å². The smallest absolute Gasteiger partial charge is 0.229 e. The maximum absolute atomic E-state index is 14.1. The van der Waals surface area contributed by atoms with Crippen LogP contribution in [0.4, 0.5) is 15.8 Å². The minimum absolute atomic E-state index is 0.00929. The number of anilines is 2. The molecule has 156 valence electrons. The van der Waals surface area contributed by atoms with E-state index >= 15 is 0 Å². The highest BCUT2D eigenvalue weighted by Crippen LogP contribution is 2.37. The lowest BCUT2D eigenvalue weighted by Crippen LogP contribution is -2.28. The Morgan fingerprint density at radius 1 is 1.10 bits per heavy atom. The number of para-hydroxylation sites is 2. The molecule has 4 aromatic rings. The van der Waals surface area contributed by atoms with Crippen molar-refractivity contribution in [3.63, 3.8) is 0 Å². The standard InChI is InChI=1S/C24H19FN2O4/c1-30-22-11-16-15-6-2-5-9-20(15)31-21(16)12-18(22)26-24(29)14-10-23(28)27(13-14)19-8-4-3-7-17(19)25/h2-9,11-12,14H,10,13H2,1H3,(H,26,29)/t14-/m0/s1. The number of halogens is 1. The van der Waals surface area contributed by atoms with Crippen molar-refractivity contribution in [2.45, 2.75) is 6.42 Å². The van der Waals surface area contributed by atoms with Crippen LogP contribution in [0.5, 0.6) is 5.75 Å². The van der Waals surface area contributed by atoms with E-state index in [0.717, 1.165) is 16.4 Å². The van der Waals surface area contributed by atoms with Gasteiger partial charge in [-0.15, -0.1) is 0 Å². The maximum Gasteiger partial charge on any atom is 0.229 e. The highest BCUT2D eigenvalue weighted by molar-refractivity contribution is 6.09. The van der Waals surface area contributed by atoms with Crippen molar-refractivity contribution < 1.29 is 23.1 Å². The zero-order valence-electron chi connectivity index (χ0n) is 16.7. The number of furan rings is 1. The third-order valence-electron chi connectivity index (χ3n) is 5.60. The van der Waals surface area contributed by atoms with E-state index in [0.29, 0.717) is 17.0 Å². The van der Waals surface area contributed by atoms with Gasteiger partial charge in [-0.05, 0) is 24.3 Å². The number of nitrogens with zero attached hydrogens (tertiary/aromatic N) is 1. The molecule has 0 saturated carbocycles. The van der Waals surface area contributed by atoms with E-state index in [1.165, 1.54) is 24.1 Å². The fraction of sp³-hybridized carbons (Fsp3) is 0.167. The molecule has 0 bridgehead atoms. The number of methoxy groups -OCH3 is 1. The van der Waals surface area contributed by atoms with E-state index < -0.39 is 11.7 Å². The van der Waals surface area contributed by atoms with Crippen LogP contribution in [0.3, 0.4) is 0 Å². The number of hydrogen-bond donors (Lipinski definition) is 1. The Hall–Kier alpha value is -3.87. The second kappa shape index (κ2) is 7.43. The largest absolute Gasteiger partial charge is 0.495 e. The molecule has 0 spiro atoms. The summed E-state index contributed by atoms with van der Waals surface area (Å²) >= 11 is 0. The molecule has 0 aliphatic carbocycles. The van der Waals surface area contributed by atoms with E-state index in [-0.39, 0.29) is 30.5 Å². The Bertz CT molecular complexity index is 1330. The molecule has 3 aromatic carbocycles. The highest BCUT2D eigenvalue weighted by Gasteiger charge is 2.36. The van der Waals surface area contributed by atoms with Crippen LogP contribution >= 0.6 is 0 Å². The third-order valence-corrected chi connectivity index (χ3v) is 5.60. The summed E-state index contributed by atoms with van der Waals surface area (Å²) in [6.45, 7) is 0.112. The van der Waals surface area contributed by atoms with Gasteiger partial charge in [-0.25, -0.2) is 4.39 Å². The van der Waals surface area contributed by atoms with Crippen LogP contribution in [0.1, 0.15) is 6.42 Å². The van der Waals surface area contributed by atoms with Gasteiger partial charge in [0, 0.05) is 29.8 Å². The van der Waals surface area contributed by atoms with E-state index in [4.69, 9.17) is 9.15 Å². The van der Waals surface area contributed by atoms with Gasteiger partial charge in [-0.3, -0.25) is 9.59 Å². The molecule has 5 rings (SSSR count). The molecule has 1 aliphatic rings. The first kappa shape index (κ1) is 19.1. The molecule has 0 unspecified atom stereocenters. The summed E-state index contributed by atoms with van der Waals surface area (Å²) in [5.41, 5.74) is 2.00. The average Bonchev–Trinajstić information content (AvgIpc) is 3.33. The SMILES string of the molecule is COc1cc2c(cc1NC(=O)[C@H]1CC(=O)N(c3ccccc3F)C1)oc1ccccc12. The lowest BCUT2D eigenvalue weighted by molar-refractivity contribution is -0.122. The summed E-state index contributed by atoms with van der Waals surface area (Å²) in [6, 6.07) is 17.2. The summed E-state index contributed by atoms with van der Waals surface area (Å²) in [5, 5.41) is 4.69. The molecule has 1 saturated heterocycles. The minimum Gasteiger partial charge on any atom is -0.495 e. The number of ether oxygens (including phenoxy) is 1. The van der Waals surface area contributed by atoms with E-state index in [9.17, 15) is 14.0 Å². The van der Waals surface area contributed by atoms with E-state index in [1.807, 2.05) is 30.3 Å². The Morgan fingerprint density at radius 2 is 1.87 bits per heavy atom. The molecule has 6 nitrogen and oxygen atoms in total. The number of nitrogens with one attached hydrogen (secondary N) is 1. The van der Waals surface area contributed by atoms with Crippen molar-refractivity contribution in [1.29, 1.82) is 0 Å². The minimum atomic E-state index is -0.608. The molecule has 1 N–H and O–H groups in total. The number of rotatable bonds is 4. The molecule has 1 atom stereocenters. The Balaban J connectivity index is 1.42. The van der Waals surface area contributed by atoms with Crippen LogP contribution in [0.15, 0.2) is 65.1 Å². The van der Waals surface area contributed by atoms with Crippen LogP contribution in [-0.4, -0.2) is 25.5 Å². The van der Waals surface area contributed by atoms with Crippen molar-refractivity contribution in [1.82, 2.24) is 0 Å². The van der Waals surface area contributed by atoms with Crippen LogP contribution in [0.25, 0.3) is 21.9 Å². The number of fused-ring (bicyclic) bond motifs is 3. The van der Waals surface area contributed by atoms with Gasteiger partial charge in [0.15, 0.2) is 0 Å². The summed E-state index contributed by atoms with van der Waals surface area (Å²) < 4.78 is 25.5. The molecule has 31 heavy (non-hydrogen) atoms. The Kier molecular flexibility index (Phi) is 4.58. The fourth-order valence-electron chi connectivity index (χ4n) is 4.04. The monoisotopic (exact) mass is 418 g/mol. The van der Waals surface area contributed by atoms with Gasteiger partial charge in [-0.1, -0.05) is 30.3 Å². The first-order chi connectivity index (χ1) is 15.0. The van der Waals surface area contributed by atoms with Crippen molar-refractivity contribution >= 4 is 45.1 Å². The van der Waals surface area contributed by atoms with Gasteiger partial charge in [0.25, 0.3) is 0 Å². The second-order valence-corrected chi connectivity index (χ2v) is 7.49. The average molecular weight is 418 g/mol. The van der Waals surface area contributed by atoms with Crippen molar-refractivity contribution in [2.24, 2.45) is 5.92 Å². The number of amides is 2. The Morgan fingerprint density at radius 3 is 2.68 bits per heavy atom. The predicted molar refractivity (Wildman–Crippen MR) is 116 cm³/mol. The Labute approximate surface area is 177 Å². The van der Waals surface area contributed by atoms with Gasteiger partial charge in [0.1, 0.15) is 22.7 Å². The van der Waals surface area contributed by atoms with Gasteiger partial charge in [0.2, 0.25) is 11.8 Å².